The summed E-state index contributed by atoms with van der Waals surface area (Å²) in [7, 11) is 0. The van der Waals surface area contributed by atoms with Gasteiger partial charge in [0.25, 0.3) is 0 Å². The molecule has 0 amide bonds. The van der Waals surface area contributed by atoms with E-state index in [9.17, 15) is 0 Å². The number of nitrogen functional groups attached to an aromatic ring is 2. The van der Waals surface area contributed by atoms with Crippen LogP contribution in [0.1, 0.15) is 0 Å². The van der Waals surface area contributed by atoms with Crippen molar-refractivity contribution >= 4 is 17.2 Å². The van der Waals surface area contributed by atoms with Gasteiger partial charge in [0, 0.05) is 12.4 Å². The first-order chi connectivity index (χ1) is 5.29. The first-order valence-electron chi connectivity index (χ1n) is 3.13. The number of nitrogens with zero attached hydrogens (tertiary/aromatic N) is 3. The molecule has 2 rings (SSSR count). The summed E-state index contributed by atoms with van der Waals surface area (Å²) < 4.78 is 1.55. The van der Waals surface area contributed by atoms with Crippen LogP contribution in [0.5, 0.6) is 0 Å². The summed E-state index contributed by atoms with van der Waals surface area (Å²) in [6.45, 7) is 0. The summed E-state index contributed by atoms with van der Waals surface area (Å²) >= 11 is 0. The molecule has 0 saturated heterocycles. The molecule has 0 aliphatic rings. The highest BCUT2D eigenvalue weighted by atomic mass is 15.3. The maximum Gasteiger partial charge on any atom is 0.180 e. The van der Waals surface area contributed by atoms with Gasteiger partial charge >= 0.3 is 0 Å². The zero-order chi connectivity index (χ0) is 7.84. The van der Waals surface area contributed by atoms with Crippen LogP contribution < -0.4 is 11.5 Å². The van der Waals surface area contributed by atoms with Crippen molar-refractivity contribution in [3.05, 3.63) is 18.5 Å². The molecular weight excluding hydrogens is 142 g/mol. The lowest BCUT2D eigenvalue weighted by molar-refractivity contribution is 0.945. The van der Waals surface area contributed by atoms with Crippen LogP contribution in [0.25, 0.3) is 5.65 Å². The molecule has 0 bridgehead atoms. The lowest BCUT2D eigenvalue weighted by Crippen LogP contribution is -1.91. The second kappa shape index (κ2) is 1.85. The van der Waals surface area contributed by atoms with E-state index in [-0.39, 0.29) is 0 Å². The molecule has 2 aromatic heterocycles. The minimum Gasteiger partial charge on any atom is -0.393 e. The maximum absolute atomic E-state index is 5.57. The van der Waals surface area contributed by atoms with Crippen LogP contribution in [-0.4, -0.2) is 14.6 Å². The van der Waals surface area contributed by atoms with Crippen LogP contribution in [0.2, 0.25) is 0 Å². The predicted molar refractivity (Wildman–Crippen MR) is 41.8 cm³/mol. The molecule has 5 heteroatoms. The van der Waals surface area contributed by atoms with Crippen LogP contribution in [0.15, 0.2) is 18.5 Å². The highest BCUT2D eigenvalue weighted by molar-refractivity contribution is 5.75. The predicted octanol–water partition coefficient (Wildman–Crippen LogP) is -0.106. The Morgan fingerprint density at radius 3 is 2.91 bits per heavy atom. The number of hydrogen-bond acceptors (Lipinski definition) is 4. The van der Waals surface area contributed by atoms with Gasteiger partial charge in [-0.15, -0.1) is 5.10 Å². The molecule has 56 valence electrons. The SMILES string of the molecule is Nc1nn2cccnc2c1N. The van der Waals surface area contributed by atoms with Crippen molar-refractivity contribution in [1.29, 1.82) is 0 Å². The van der Waals surface area contributed by atoms with E-state index < -0.39 is 0 Å². The van der Waals surface area contributed by atoms with Crippen molar-refractivity contribution in [2.24, 2.45) is 0 Å². The van der Waals surface area contributed by atoms with E-state index in [4.69, 9.17) is 11.5 Å². The van der Waals surface area contributed by atoms with E-state index >= 15 is 0 Å². The smallest absolute Gasteiger partial charge is 0.180 e. The quantitative estimate of drug-likeness (QED) is 0.547. The summed E-state index contributed by atoms with van der Waals surface area (Å²) in [4.78, 5) is 4.00. The van der Waals surface area contributed by atoms with E-state index in [0.29, 0.717) is 17.2 Å². The van der Waals surface area contributed by atoms with E-state index in [2.05, 4.69) is 10.1 Å². The molecule has 4 N–H and O–H groups in total. The minimum atomic E-state index is 0.323. The Balaban J connectivity index is 2.92. The molecule has 0 atom stereocenters. The minimum absolute atomic E-state index is 0.323. The number of fused-ring (bicyclic) bond motifs is 1. The third-order valence-corrected chi connectivity index (χ3v) is 1.46. The Kier molecular flexibility index (Phi) is 1.00. The monoisotopic (exact) mass is 149 g/mol. The van der Waals surface area contributed by atoms with Gasteiger partial charge < -0.3 is 11.5 Å². The number of hydrogen-bond donors (Lipinski definition) is 2. The van der Waals surface area contributed by atoms with Crippen LogP contribution in [0, 0.1) is 0 Å². The second-order valence-corrected chi connectivity index (χ2v) is 2.19. The van der Waals surface area contributed by atoms with Crippen LogP contribution >= 0.6 is 0 Å². The van der Waals surface area contributed by atoms with Gasteiger partial charge in [-0.3, -0.25) is 0 Å². The summed E-state index contributed by atoms with van der Waals surface area (Å²) in [6, 6.07) is 1.76. The van der Waals surface area contributed by atoms with Crippen LogP contribution in [0.4, 0.5) is 11.5 Å². The third kappa shape index (κ3) is 0.706. The highest BCUT2D eigenvalue weighted by Gasteiger charge is 2.04. The molecule has 2 aromatic rings. The Morgan fingerprint density at radius 1 is 1.36 bits per heavy atom. The zero-order valence-electron chi connectivity index (χ0n) is 5.73. The standard InChI is InChI=1S/C6H7N5/c7-4-5(8)10-11-3-1-2-9-6(4)11/h1-3H,7H2,(H2,8,10). The molecule has 0 aliphatic carbocycles. The van der Waals surface area contributed by atoms with E-state index in [1.165, 1.54) is 0 Å². The fourth-order valence-electron chi connectivity index (χ4n) is 0.922. The molecule has 11 heavy (non-hydrogen) atoms. The summed E-state index contributed by atoms with van der Waals surface area (Å²) in [5.74, 6) is 0.323. The lowest BCUT2D eigenvalue weighted by Gasteiger charge is -1.88. The molecular formula is C6H7N5. The maximum atomic E-state index is 5.57. The van der Waals surface area contributed by atoms with Crippen molar-refractivity contribution in [2.75, 3.05) is 11.5 Å². The number of nitrogens with two attached hydrogens (primary N) is 2. The van der Waals surface area contributed by atoms with Gasteiger partial charge in [0.15, 0.2) is 11.5 Å². The normalized spacial score (nSPS) is 10.5. The molecule has 0 spiro atoms. The molecule has 0 radical (unpaired) electrons. The summed E-state index contributed by atoms with van der Waals surface area (Å²) in [5, 5.41) is 3.92. The van der Waals surface area contributed by atoms with Gasteiger partial charge in [0.2, 0.25) is 0 Å². The molecule has 0 aromatic carbocycles. The first-order valence-corrected chi connectivity index (χ1v) is 3.13. The van der Waals surface area contributed by atoms with E-state index in [0.717, 1.165) is 0 Å². The van der Waals surface area contributed by atoms with Crippen LogP contribution in [-0.2, 0) is 0 Å². The van der Waals surface area contributed by atoms with Gasteiger partial charge in [-0.2, -0.15) is 0 Å². The van der Waals surface area contributed by atoms with Crippen molar-refractivity contribution < 1.29 is 0 Å². The van der Waals surface area contributed by atoms with Crippen molar-refractivity contribution in [1.82, 2.24) is 14.6 Å². The molecule has 0 saturated carbocycles. The Morgan fingerprint density at radius 2 is 2.18 bits per heavy atom. The Hall–Kier alpha value is -1.78. The molecule has 0 fully saturated rings. The van der Waals surface area contributed by atoms with E-state index in [1.54, 1.807) is 23.0 Å². The van der Waals surface area contributed by atoms with Gasteiger partial charge in [-0.1, -0.05) is 0 Å². The first kappa shape index (κ1) is 5.96. The summed E-state index contributed by atoms with van der Waals surface area (Å²) in [6.07, 6.45) is 3.39. The Bertz CT molecular complexity index is 391. The number of aromatic nitrogens is 3. The van der Waals surface area contributed by atoms with Crippen molar-refractivity contribution in [2.45, 2.75) is 0 Å². The second-order valence-electron chi connectivity index (χ2n) is 2.19. The Labute approximate surface area is 62.6 Å². The lowest BCUT2D eigenvalue weighted by atomic mass is 10.5. The average Bonchev–Trinajstić information content (AvgIpc) is 2.30. The molecule has 0 unspecified atom stereocenters. The van der Waals surface area contributed by atoms with Gasteiger partial charge in [-0.05, 0) is 6.07 Å². The molecule has 0 aliphatic heterocycles. The van der Waals surface area contributed by atoms with Gasteiger partial charge in [-0.25, -0.2) is 9.50 Å². The summed E-state index contributed by atoms with van der Waals surface area (Å²) in [5.41, 5.74) is 12.1. The fourth-order valence-corrected chi connectivity index (χ4v) is 0.922. The topological polar surface area (TPSA) is 82.2 Å². The van der Waals surface area contributed by atoms with Gasteiger partial charge in [0.1, 0.15) is 5.69 Å². The zero-order valence-corrected chi connectivity index (χ0v) is 5.73. The highest BCUT2D eigenvalue weighted by Crippen LogP contribution is 2.16. The van der Waals surface area contributed by atoms with Crippen LogP contribution in [0.3, 0.4) is 0 Å². The number of anilines is 2. The third-order valence-electron chi connectivity index (χ3n) is 1.46. The van der Waals surface area contributed by atoms with Gasteiger partial charge in [0.05, 0.1) is 0 Å². The number of rotatable bonds is 0. The largest absolute Gasteiger partial charge is 0.393 e. The average molecular weight is 149 g/mol. The fraction of sp³-hybridized carbons (Fsp3) is 0. The van der Waals surface area contributed by atoms with Crippen molar-refractivity contribution in [3.63, 3.8) is 0 Å². The molecule has 2 heterocycles. The van der Waals surface area contributed by atoms with Crippen molar-refractivity contribution in [3.8, 4) is 0 Å². The van der Waals surface area contributed by atoms with E-state index in [1.807, 2.05) is 0 Å². The molecule has 5 nitrogen and oxygen atoms in total.